The van der Waals surface area contributed by atoms with Gasteiger partial charge in [0, 0.05) is 55.3 Å². The molecule has 2 N–H and O–H groups in total. The molecule has 68 heavy (non-hydrogen) atoms. The normalized spacial score (nSPS) is 14.4. The van der Waals surface area contributed by atoms with E-state index in [0.29, 0.717) is 39.0 Å². The second-order valence-electron chi connectivity index (χ2n) is 17.7. The quantitative estimate of drug-likeness (QED) is 0.0930. The molecule has 8 rings (SSSR count). The number of aryl methyl sites for hydroxylation is 2. The van der Waals surface area contributed by atoms with Crippen molar-refractivity contribution in [1.29, 1.82) is 0 Å². The number of carbonyl (C=O) groups is 2. The van der Waals surface area contributed by atoms with Crippen LogP contribution in [0, 0.1) is 32.4 Å². The monoisotopic (exact) mass is 1050 g/mol. The predicted octanol–water partition coefficient (Wildman–Crippen LogP) is 9.73. The summed E-state index contributed by atoms with van der Waals surface area (Å²) in [4.78, 5) is 38.7. The van der Waals surface area contributed by atoms with Crippen molar-refractivity contribution in [2.45, 2.75) is 124 Å². The maximum absolute atomic E-state index is 13.3. The Morgan fingerprint density at radius 3 is 1.72 bits per heavy atom. The number of aromatic nitrogens is 4. The molecule has 0 fully saturated rings. The van der Waals surface area contributed by atoms with Crippen molar-refractivity contribution in [2.24, 2.45) is 5.73 Å². The fourth-order valence-corrected chi connectivity index (χ4v) is 8.93. The Morgan fingerprint density at radius 2 is 1.22 bits per heavy atom. The molecule has 6 aromatic rings. The standard InChI is InChI=1S/C24H27FN4O.C17H19BrFN3O.C8H9Br.C4H9.CH4.Li/c1-16-4-6-17(7-5-16)14-20(26)22(30)29-13-12-28-15-21(27-23(28)24(29,2)3)18-8-10-19(25)11-9-18;1-4-13(23)22-10-9-21-15(18)14(20-16(21)17(22,2)3)11-5-7-12(19)8-6-11;1-7-2-4-8(6-9)5-3-7;1-3-4-2;;/h4-11,15,20H,12-14,26H2,1-3H3;5-8H,4,9-10H2,1-3H3;2-5H,6H2,1H3;1,3-4H2,2H3;1H4;/q;;;-1;;+1. The van der Waals surface area contributed by atoms with Crippen LogP contribution in [0.25, 0.3) is 22.5 Å². The Bertz CT molecular complexity index is 2520. The number of halogens is 4. The maximum Gasteiger partial charge on any atom is 1.00 e. The summed E-state index contributed by atoms with van der Waals surface area (Å²) >= 11 is 7.00. The number of fused-ring (bicyclic) bond motifs is 2. The number of amides is 2. The second-order valence-corrected chi connectivity index (χ2v) is 19.0. The molecule has 0 spiro atoms. The van der Waals surface area contributed by atoms with Gasteiger partial charge in [-0.2, -0.15) is 6.42 Å². The van der Waals surface area contributed by atoms with Crippen molar-refractivity contribution in [2.75, 3.05) is 13.1 Å². The van der Waals surface area contributed by atoms with E-state index in [1.54, 1.807) is 24.3 Å². The SMILES string of the molecule is C.CCC(=O)N1CCn2c(nc(-c3ccc(F)cc3)c2Br)C1(C)C.Cc1ccc(CBr)cc1.Cc1ccc(CC(N)C(=O)N2CCn3cc(-c4ccc(F)cc4)nc3C2(C)C)cc1.[CH2-]CCC.[Li+]. The number of imidazole rings is 2. The minimum atomic E-state index is -0.606. The zero-order valence-corrected chi connectivity index (χ0v) is 43.7. The van der Waals surface area contributed by atoms with Gasteiger partial charge in [0.15, 0.2) is 0 Å². The third kappa shape index (κ3) is 14.1. The van der Waals surface area contributed by atoms with Crippen LogP contribution in [0.3, 0.4) is 0 Å². The summed E-state index contributed by atoms with van der Waals surface area (Å²) in [6.45, 7) is 22.3. The van der Waals surface area contributed by atoms with Crippen molar-refractivity contribution in [3.63, 3.8) is 0 Å². The fraction of sp³-hybridized carbons (Fsp3) is 0.389. The van der Waals surface area contributed by atoms with E-state index in [1.165, 1.54) is 47.4 Å². The molecule has 4 heterocycles. The summed E-state index contributed by atoms with van der Waals surface area (Å²) in [6, 6.07) is 28.6. The molecule has 360 valence electrons. The average Bonchev–Trinajstić information content (AvgIpc) is 3.91. The molecule has 4 aromatic carbocycles. The molecular formula is C54H68Br2F2LiN7O2. The van der Waals surface area contributed by atoms with Gasteiger partial charge in [-0.3, -0.25) is 9.59 Å². The molecule has 0 bridgehead atoms. The molecule has 2 aliphatic rings. The van der Waals surface area contributed by atoms with Gasteiger partial charge in [-0.15, -0.1) is 0 Å². The van der Waals surface area contributed by atoms with E-state index in [-0.39, 0.29) is 49.7 Å². The van der Waals surface area contributed by atoms with E-state index in [2.05, 4.69) is 86.0 Å². The molecule has 0 aliphatic carbocycles. The van der Waals surface area contributed by atoms with E-state index < -0.39 is 17.1 Å². The minimum Gasteiger partial charge on any atom is -0.343 e. The van der Waals surface area contributed by atoms with Gasteiger partial charge in [0.05, 0.1) is 22.8 Å². The number of carbonyl (C=O) groups excluding carboxylic acids is 2. The maximum atomic E-state index is 13.3. The topological polar surface area (TPSA) is 102 Å². The molecule has 0 radical (unpaired) electrons. The smallest absolute Gasteiger partial charge is 0.343 e. The first-order valence-electron chi connectivity index (χ1n) is 22.6. The van der Waals surface area contributed by atoms with Gasteiger partial charge < -0.3 is 31.6 Å². The first kappa shape index (κ1) is 57.9. The zero-order valence-electron chi connectivity index (χ0n) is 40.6. The van der Waals surface area contributed by atoms with E-state index in [9.17, 15) is 18.4 Å². The Labute approximate surface area is 432 Å². The van der Waals surface area contributed by atoms with Crippen molar-refractivity contribution in [3.8, 4) is 22.5 Å². The molecular weight excluding hydrogens is 983 g/mol. The van der Waals surface area contributed by atoms with Gasteiger partial charge in [-0.05, 0) is 124 Å². The van der Waals surface area contributed by atoms with E-state index in [4.69, 9.17) is 15.7 Å². The van der Waals surface area contributed by atoms with Crippen LogP contribution in [-0.2, 0) is 45.5 Å². The molecule has 1 unspecified atom stereocenters. The largest absolute Gasteiger partial charge is 1.00 e. The number of alkyl halides is 1. The van der Waals surface area contributed by atoms with Crippen molar-refractivity contribution >= 4 is 43.7 Å². The molecule has 2 aromatic heterocycles. The van der Waals surface area contributed by atoms with Crippen molar-refractivity contribution in [3.05, 3.63) is 160 Å². The second kappa shape index (κ2) is 26.0. The van der Waals surface area contributed by atoms with Crippen molar-refractivity contribution < 1.29 is 37.2 Å². The summed E-state index contributed by atoms with van der Waals surface area (Å²) in [6.07, 6.45) is 5.23. The molecule has 2 aliphatic heterocycles. The minimum absolute atomic E-state index is 0. The van der Waals surface area contributed by atoms with Crippen LogP contribution < -0.4 is 24.6 Å². The van der Waals surface area contributed by atoms with Gasteiger partial charge in [0.1, 0.15) is 33.6 Å². The molecule has 14 heteroatoms. The number of nitrogens with two attached hydrogens (primary N) is 1. The number of rotatable bonds is 8. The van der Waals surface area contributed by atoms with Crippen LogP contribution in [0.4, 0.5) is 8.78 Å². The number of nitrogens with zero attached hydrogens (tertiary/aromatic N) is 6. The fourth-order valence-electron chi connectivity index (χ4n) is 7.89. The summed E-state index contributed by atoms with van der Waals surface area (Å²) in [5, 5.41) is 0.952. The Balaban J connectivity index is 0.000000284. The number of hydrogen-bond donors (Lipinski definition) is 1. The van der Waals surface area contributed by atoms with Crippen LogP contribution in [0.15, 0.2) is 108 Å². The van der Waals surface area contributed by atoms with E-state index in [1.807, 2.05) is 81.8 Å². The molecule has 0 saturated carbocycles. The molecule has 0 saturated heterocycles. The van der Waals surface area contributed by atoms with Crippen LogP contribution in [-0.4, -0.2) is 59.8 Å². The van der Waals surface area contributed by atoms with Crippen LogP contribution in [0.1, 0.15) is 102 Å². The van der Waals surface area contributed by atoms with E-state index >= 15 is 0 Å². The van der Waals surface area contributed by atoms with Gasteiger partial charge in [0.25, 0.3) is 0 Å². The first-order chi connectivity index (χ1) is 31.3. The predicted molar refractivity (Wildman–Crippen MR) is 276 cm³/mol. The van der Waals surface area contributed by atoms with Crippen LogP contribution in [0.5, 0.6) is 0 Å². The molecule has 9 nitrogen and oxygen atoms in total. The van der Waals surface area contributed by atoms with Crippen molar-refractivity contribution in [1.82, 2.24) is 28.9 Å². The van der Waals surface area contributed by atoms with E-state index in [0.717, 1.165) is 56.1 Å². The molecule has 2 amide bonds. The summed E-state index contributed by atoms with van der Waals surface area (Å²) < 4.78 is 31.5. The third-order valence-corrected chi connectivity index (χ3v) is 13.3. The van der Waals surface area contributed by atoms with Crippen LogP contribution in [0.2, 0.25) is 0 Å². The first-order valence-corrected chi connectivity index (χ1v) is 24.5. The van der Waals surface area contributed by atoms with Gasteiger partial charge >= 0.3 is 18.9 Å². The summed E-state index contributed by atoms with van der Waals surface area (Å²) in [5.41, 5.74) is 13.4. The molecule has 1 atom stereocenters. The number of hydrogen-bond acceptors (Lipinski definition) is 5. The third-order valence-electron chi connectivity index (χ3n) is 11.9. The number of unbranched alkanes of at least 4 members (excludes halogenated alkanes) is 1. The number of benzene rings is 4. The van der Waals surface area contributed by atoms with Gasteiger partial charge in [-0.25, -0.2) is 18.7 Å². The zero-order chi connectivity index (χ0) is 48.3. The Kier molecular flexibility index (Phi) is 22.2. The van der Waals surface area contributed by atoms with Gasteiger partial charge in [-0.1, -0.05) is 103 Å². The Morgan fingerprint density at radius 1 is 0.735 bits per heavy atom. The average molecular weight is 1050 g/mol. The van der Waals surface area contributed by atoms with Gasteiger partial charge in [0.2, 0.25) is 11.8 Å². The van der Waals surface area contributed by atoms with Crippen LogP contribution >= 0.6 is 31.9 Å². The summed E-state index contributed by atoms with van der Waals surface area (Å²) in [5.74, 6) is 1.17. The summed E-state index contributed by atoms with van der Waals surface area (Å²) in [7, 11) is 0. The Hall–Kier alpha value is -4.38.